The van der Waals surface area contributed by atoms with E-state index in [1.165, 1.54) is 0 Å². The van der Waals surface area contributed by atoms with Gasteiger partial charge in [-0.05, 0) is 51.3 Å². The zero-order chi connectivity index (χ0) is 14.5. The van der Waals surface area contributed by atoms with E-state index in [9.17, 15) is 5.11 Å². The minimum Gasteiger partial charge on any atom is -0.496 e. The van der Waals surface area contributed by atoms with Crippen molar-refractivity contribution in [2.24, 2.45) is 0 Å². The van der Waals surface area contributed by atoms with Crippen LogP contribution in [0.15, 0.2) is 46.9 Å². The van der Waals surface area contributed by atoms with Crippen molar-refractivity contribution in [3.05, 3.63) is 63.6 Å². The molecule has 3 nitrogen and oxygen atoms in total. The topological polar surface area (TPSA) is 53.2 Å². The Morgan fingerprint density at radius 3 is 2.75 bits per heavy atom. The second-order valence-corrected chi connectivity index (χ2v) is 5.28. The minimum atomic E-state index is -0.636. The summed E-state index contributed by atoms with van der Waals surface area (Å²) < 4.78 is 6.03. The van der Waals surface area contributed by atoms with Crippen molar-refractivity contribution in [2.45, 2.75) is 12.5 Å². The maximum Gasteiger partial charge on any atom is 0.133 e. The molecule has 0 aliphatic rings. The van der Waals surface area contributed by atoms with E-state index in [1.807, 2.05) is 24.3 Å². The maximum absolute atomic E-state index is 10.3. The van der Waals surface area contributed by atoms with E-state index in [4.69, 9.17) is 10.00 Å². The van der Waals surface area contributed by atoms with Gasteiger partial charge in [-0.15, -0.1) is 0 Å². The van der Waals surface area contributed by atoms with E-state index in [0.29, 0.717) is 12.0 Å². The van der Waals surface area contributed by atoms with Gasteiger partial charge in [-0.2, -0.15) is 5.26 Å². The number of ether oxygens (including phenoxy) is 1. The highest BCUT2D eigenvalue weighted by Crippen LogP contribution is 2.28. The molecule has 0 aliphatic heterocycles. The van der Waals surface area contributed by atoms with Gasteiger partial charge in [0, 0.05) is 6.42 Å². The SMILES string of the molecule is COc1ccc(CC(O)c2cccc(C#N)c2)cc1Br. The van der Waals surface area contributed by atoms with Gasteiger partial charge in [-0.1, -0.05) is 18.2 Å². The molecule has 0 aliphatic carbocycles. The number of methoxy groups -OCH3 is 1. The Kier molecular flexibility index (Phi) is 4.78. The van der Waals surface area contributed by atoms with Gasteiger partial charge in [0.05, 0.1) is 29.3 Å². The van der Waals surface area contributed by atoms with Gasteiger partial charge in [-0.3, -0.25) is 0 Å². The Hall–Kier alpha value is -1.83. The number of nitrogens with zero attached hydrogens (tertiary/aromatic N) is 1. The van der Waals surface area contributed by atoms with Crippen LogP contribution in [-0.4, -0.2) is 12.2 Å². The van der Waals surface area contributed by atoms with Crippen LogP contribution in [0.1, 0.15) is 22.8 Å². The third-order valence-electron chi connectivity index (χ3n) is 3.05. The number of hydrogen-bond acceptors (Lipinski definition) is 3. The van der Waals surface area contributed by atoms with Gasteiger partial charge in [0.15, 0.2) is 0 Å². The molecule has 0 aromatic heterocycles. The van der Waals surface area contributed by atoms with E-state index in [1.54, 1.807) is 25.3 Å². The third-order valence-corrected chi connectivity index (χ3v) is 3.67. The number of aliphatic hydroxyl groups excluding tert-OH is 1. The fourth-order valence-electron chi connectivity index (χ4n) is 1.99. The Morgan fingerprint density at radius 1 is 1.30 bits per heavy atom. The van der Waals surface area contributed by atoms with E-state index in [-0.39, 0.29) is 0 Å². The average molecular weight is 332 g/mol. The van der Waals surface area contributed by atoms with Crippen LogP contribution in [0.25, 0.3) is 0 Å². The average Bonchev–Trinajstić information content (AvgIpc) is 2.47. The smallest absolute Gasteiger partial charge is 0.133 e. The molecule has 2 aromatic rings. The van der Waals surface area contributed by atoms with Crippen LogP contribution in [0, 0.1) is 11.3 Å². The molecule has 1 atom stereocenters. The summed E-state index contributed by atoms with van der Waals surface area (Å²) in [5.41, 5.74) is 2.29. The predicted molar refractivity (Wildman–Crippen MR) is 80.5 cm³/mol. The first-order chi connectivity index (χ1) is 9.63. The van der Waals surface area contributed by atoms with Crippen molar-refractivity contribution in [1.82, 2.24) is 0 Å². The molecular weight excluding hydrogens is 318 g/mol. The van der Waals surface area contributed by atoms with Gasteiger partial charge in [0.25, 0.3) is 0 Å². The molecule has 4 heteroatoms. The maximum atomic E-state index is 10.3. The molecule has 0 spiro atoms. The van der Waals surface area contributed by atoms with Crippen molar-refractivity contribution >= 4 is 15.9 Å². The van der Waals surface area contributed by atoms with Crippen LogP contribution in [0.4, 0.5) is 0 Å². The van der Waals surface area contributed by atoms with Crippen LogP contribution >= 0.6 is 15.9 Å². The number of halogens is 1. The molecule has 102 valence electrons. The summed E-state index contributed by atoms with van der Waals surface area (Å²) >= 11 is 3.43. The van der Waals surface area contributed by atoms with Crippen LogP contribution in [0.3, 0.4) is 0 Å². The number of nitriles is 1. The van der Waals surface area contributed by atoms with Crippen LogP contribution in [-0.2, 0) is 6.42 Å². The van der Waals surface area contributed by atoms with Gasteiger partial charge < -0.3 is 9.84 Å². The zero-order valence-corrected chi connectivity index (χ0v) is 12.6. The van der Waals surface area contributed by atoms with Crippen molar-refractivity contribution < 1.29 is 9.84 Å². The lowest BCUT2D eigenvalue weighted by Gasteiger charge is -2.12. The third kappa shape index (κ3) is 3.38. The molecule has 0 saturated heterocycles. The summed E-state index contributed by atoms with van der Waals surface area (Å²) in [6.45, 7) is 0. The molecule has 0 fully saturated rings. The van der Waals surface area contributed by atoms with E-state index in [0.717, 1.165) is 21.3 Å². The van der Waals surface area contributed by atoms with Gasteiger partial charge in [0.2, 0.25) is 0 Å². The second-order valence-electron chi connectivity index (χ2n) is 4.43. The van der Waals surface area contributed by atoms with Crippen LogP contribution in [0.5, 0.6) is 5.75 Å². The lowest BCUT2D eigenvalue weighted by atomic mass is 10.00. The molecule has 0 radical (unpaired) electrons. The van der Waals surface area contributed by atoms with Crippen molar-refractivity contribution in [2.75, 3.05) is 7.11 Å². The van der Waals surface area contributed by atoms with Gasteiger partial charge in [0.1, 0.15) is 5.75 Å². The minimum absolute atomic E-state index is 0.484. The number of benzene rings is 2. The monoisotopic (exact) mass is 331 g/mol. The number of aliphatic hydroxyl groups is 1. The molecule has 1 unspecified atom stereocenters. The molecule has 0 heterocycles. The molecule has 0 bridgehead atoms. The summed E-state index contributed by atoms with van der Waals surface area (Å²) in [5, 5.41) is 19.1. The molecule has 20 heavy (non-hydrogen) atoms. The lowest BCUT2D eigenvalue weighted by molar-refractivity contribution is 0.178. The Bertz CT molecular complexity index is 649. The highest BCUT2D eigenvalue weighted by molar-refractivity contribution is 9.10. The molecule has 2 rings (SSSR count). The molecule has 0 amide bonds. The molecular formula is C16H14BrNO2. The normalized spacial score (nSPS) is 11.7. The zero-order valence-electron chi connectivity index (χ0n) is 11.0. The summed E-state index contributed by atoms with van der Waals surface area (Å²) in [5.74, 6) is 0.759. The highest BCUT2D eigenvalue weighted by atomic mass is 79.9. The fraction of sp³-hybridized carbons (Fsp3) is 0.188. The lowest BCUT2D eigenvalue weighted by Crippen LogP contribution is -2.02. The summed E-state index contributed by atoms with van der Waals surface area (Å²) in [6.07, 6.45) is -0.152. The second kappa shape index (κ2) is 6.56. The first-order valence-electron chi connectivity index (χ1n) is 6.14. The molecule has 0 saturated carbocycles. The number of hydrogen-bond donors (Lipinski definition) is 1. The predicted octanol–water partition coefficient (Wildman–Crippen LogP) is 3.61. The van der Waals surface area contributed by atoms with Crippen LogP contribution < -0.4 is 4.74 Å². The highest BCUT2D eigenvalue weighted by Gasteiger charge is 2.10. The van der Waals surface area contributed by atoms with Gasteiger partial charge >= 0.3 is 0 Å². The largest absolute Gasteiger partial charge is 0.496 e. The summed E-state index contributed by atoms with van der Waals surface area (Å²) in [4.78, 5) is 0. The standard InChI is InChI=1S/C16H14BrNO2/c1-20-16-6-5-11(8-14(16)17)9-15(19)13-4-2-3-12(7-13)10-18/h2-8,15,19H,9H2,1H3. The van der Waals surface area contributed by atoms with E-state index in [2.05, 4.69) is 22.0 Å². The molecule has 1 N–H and O–H groups in total. The van der Waals surface area contributed by atoms with E-state index >= 15 is 0 Å². The van der Waals surface area contributed by atoms with Crippen LogP contribution in [0.2, 0.25) is 0 Å². The molecule has 2 aromatic carbocycles. The van der Waals surface area contributed by atoms with Crippen molar-refractivity contribution in [3.63, 3.8) is 0 Å². The quantitative estimate of drug-likeness (QED) is 0.931. The Morgan fingerprint density at radius 2 is 2.10 bits per heavy atom. The first-order valence-corrected chi connectivity index (χ1v) is 6.94. The Balaban J connectivity index is 2.17. The van der Waals surface area contributed by atoms with Crippen molar-refractivity contribution in [1.29, 1.82) is 5.26 Å². The van der Waals surface area contributed by atoms with Crippen molar-refractivity contribution in [3.8, 4) is 11.8 Å². The fourth-order valence-corrected chi connectivity index (χ4v) is 2.58. The van der Waals surface area contributed by atoms with E-state index < -0.39 is 6.10 Å². The number of rotatable bonds is 4. The first kappa shape index (κ1) is 14.6. The Labute approximate surface area is 126 Å². The summed E-state index contributed by atoms with van der Waals surface area (Å²) in [7, 11) is 1.61. The summed E-state index contributed by atoms with van der Waals surface area (Å²) in [6, 6.07) is 14.8. The van der Waals surface area contributed by atoms with Gasteiger partial charge in [-0.25, -0.2) is 0 Å².